The first kappa shape index (κ1) is 17.7. The molecule has 0 aliphatic heterocycles. The minimum absolute atomic E-state index is 0.196. The summed E-state index contributed by atoms with van der Waals surface area (Å²) in [6.07, 6.45) is 8.86. The van der Waals surface area contributed by atoms with E-state index in [1.54, 1.807) is 12.1 Å². The molecule has 3 rings (SSSR count). The van der Waals surface area contributed by atoms with Gasteiger partial charge in [0, 0.05) is 16.8 Å². The molecule has 0 bridgehead atoms. The maximum Gasteiger partial charge on any atom is 0.213 e. The van der Waals surface area contributed by atoms with Gasteiger partial charge >= 0.3 is 0 Å². The van der Waals surface area contributed by atoms with E-state index in [0.29, 0.717) is 17.9 Å². The average molecular weight is 339 g/mol. The monoisotopic (exact) mass is 339 g/mol. The van der Waals surface area contributed by atoms with Crippen molar-refractivity contribution in [2.75, 3.05) is 6.61 Å². The van der Waals surface area contributed by atoms with Gasteiger partial charge in [0.2, 0.25) is 5.88 Å². The molecule has 0 saturated heterocycles. The molecule has 3 heteroatoms. The van der Waals surface area contributed by atoms with Crippen molar-refractivity contribution in [2.45, 2.75) is 51.9 Å². The third kappa shape index (κ3) is 4.47. The van der Waals surface area contributed by atoms with E-state index in [2.05, 4.69) is 11.9 Å². The lowest BCUT2D eigenvalue weighted by molar-refractivity contribution is 0.294. The van der Waals surface area contributed by atoms with Crippen molar-refractivity contribution in [1.82, 2.24) is 4.98 Å². The van der Waals surface area contributed by atoms with Crippen LogP contribution in [0.15, 0.2) is 42.5 Å². The van der Waals surface area contributed by atoms with Gasteiger partial charge in [-0.15, -0.1) is 0 Å². The molecule has 0 amide bonds. The Bertz CT molecular complexity index is 831. The zero-order valence-electron chi connectivity index (χ0n) is 14.9. The Morgan fingerprint density at radius 2 is 1.56 bits per heavy atom. The van der Waals surface area contributed by atoms with E-state index in [9.17, 15) is 4.39 Å². The van der Waals surface area contributed by atoms with Crippen LogP contribution in [0.1, 0.15) is 51.9 Å². The summed E-state index contributed by atoms with van der Waals surface area (Å²) in [4.78, 5) is 4.57. The van der Waals surface area contributed by atoms with Crippen molar-refractivity contribution in [3.8, 4) is 5.88 Å². The molecule has 1 aromatic heterocycles. The fourth-order valence-electron chi connectivity index (χ4n) is 3.23. The molecule has 0 unspecified atom stereocenters. The number of hydrogen-bond donors (Lipinski definition) is 0. The van der Waals surface area contributed by atoms with Crippen LogP contribution >= 0.6 is 0 Å². The van der Waals surface area contributed by atoms with Crippen molar-refractivity contribution in [1.29, 1.82) is 0 Å². The predicted octanol–water partition coefficient (Wildman–Crippen LogP) is 6.66. The number of benzene rings is 2. The van der Waals surface area contributed by atoms with Gasteiger partial charge in [-0.25, -0.2) is 9.37 Å². The van der Waals surface area contributed by atoms with Crippen molar-refractivity contribution in [3.05, 3.63) is 48.3 Å². The van der Waals surface area contributed by atoms with E-state index in [4.69, 9.17) is 4.74 Å². The van der Waals surface area contributed by atoms with Gasteiger partial charge in [-0.1, -0.05) is 57.6 Å². The van der Waals surface area contributed by atoms with E-state index in [-0.39, 0.29) is 5.82 Å². The molecule has 0 fully saturated rings. The van der Waals surface area contributed by atoms with Crippen LogP contribution in [-0.2, 0) is 0 Å². The molecule has 2 nitrogen and oxygen atoms in total. The highest BCUT2D eigenvalue weighted by Gasteiger charge is 2.06. The Labute approximate surface area is 149 Å². The lowest BCUT2D eigenvalue weighted by Crippen LogP contribution is -1.99. The quantitative estimate of drug-likeness (QED) is 0.321. The van der Waals surface area contributed by atoms with Gasteiger partial charge in [-0.3, -0.25) is 0 Å². The minimum atomic E-state index is -0.196. The van der Waals surface area contributed by atoms with Crippen molar-refractivity contribution < 1.29 is 9.13 Å². The average Bonchev–Trinajstić information content (AvgIpc) is 2.64. The molecule has 2 aromatic carbocycles. The first-order valence-electron chi connectivity index (χ1n) is 9.40. The van der Waals surface area contributed by atoms with Crippen molar-refractivity contribution in [3.63, 3.8) is 0 Å². The maximum absolute atomic E-state index is 13.9. The second-order valence-corrected chi connectivity index (χ2v) is 6.59. The first-order valence-corrected chi connectivity index (χ1v) is 9.40. The smallest absolute Gasteiger partial charge is 0.213 e. The highest BCUT2D eigenvalue weighted by atomic mass is 19.1. The van der Waals surface area contributed by atoms with Crippen LogP contribution < -0.4 is 4.74 Å². The molecule has 0 atom stereocenters. The zero-order chi connectivity index (χ0) is 17.5. The fraction of sp³-hybridized carbons (Fsp3) is 0.409. The second-order valence-electron chi connectivity index (χ2n) is 6.59. The van der Waals surface area contributed by atoms with Gasteiger partial charge in [-0.2, -0.15) is 0 Å². The van der Waals surface area contributed by atoms with Crippen LogP contribution in [0, 0.1) is 5.82 Å². The summed E-state index contributed by atoms with van der Waals surface area (Å²) in [6, 6.07) is 12.7. The molecule has 3 aromatic rings. The Morgan fingerprint density at radius 3 is 2.40 bits per heavy atom. The van der Waals surface area contributed by atoms with Gasteiger partial charge in [-0.05, 0) is 36.1 Å². The van der Waals surface area contributed by atoms with Gasteiger partial charge < -0.3 is 4.74 Å². The summed E-state index contributed by atoms with van der Waals surface area (Å²) in [7, 11) is 0. The van der Waals surface area contributed by atoms with Crippen LogP contribution in [0.4, 0.5) is 4.39 Å². The van der Waals surface area contributed by atoms with Crippen LogP contribution in [0.3, 0.4) is 0 Å². The lowest BCUT2D eigenvalue weighted by atomic mass is 10.0. The number of unbranched alkanes of at least 4 members (excludes halogenated alkanes) is 6. The zero-order valence-corrected chi connectivity index (χ0v) is 14.9. The highest BCUT2D eigenvalue weighted by Crippen LogP contribution is 2.27. The van der Waals surface area contributed by atoms with Crippen molar-refractivity contribution >= 4 is 21.7 Å². The van der Waals surface area contributed by atoms with E-state index < -0.39 is 0 Å². The molecular weight excluding hydrogens is 313 g/mol. The number of nitrogens with zero attached hydrogens (tertiary/aromatic N) is 1. The Kier molecular flexibility index (Phi) is 6.21. The Hall–Kier alpha value is -2.16. The third-order valence-electron chi connectivity index (χ3n) is 4.65. The van der Waals surface area contributed by atoms with Gasteiger partial charge in [0.15, 0.2) is 0 Å². The SMILES string of the molecule is CCCCCCCCCOc1ccc2c(ccc3c(F)cccc32)n1. The summed E-state index contributed by atoms with van der Waals surface area (Å²) in [5.74, 6) is 0.452. The summed E-state index contributed by atoms with van der Waals surface area (Å²) < 4.78 is 19.7. The molecule has 132 valence electrons. The van der Waals surface area contributed by atoms with Crippen LogP contribution in [0.5, 0.6) is 5.88 Å². The first-order chi connectivity index (χ1) is 12.3. The number of ether oxygens (including phenoxy) is 1. The molecule has 1 heterocycles. The van der Waals surface area contributed by atoms with Gasteiger partial charge in [0.05, 0.1) is 12.1 Å². The normalized spacial score (nSPS) is 11.3. The summed E-state index contributed by atoms with van der Waals surface area (Å²) in [5, 5.41) is 2.48. The minimum Gasteiger partial charge on any atom is -0.478 e. The largest absolute Gasteiger partial charge is 0.478 e. The topological polar surface area (TPSA) is 22.1 Å². The second kappa shape index (κ2) is 8.80. The third-order valence-corrected chi connectivity index (χ3v) is 4.65. The standard InChI is InChI=1S/C22H26FNO/c1-2-3-4-5-6-7-8-16-25-22-15-13-19-17-10-9-11-20(23)18(17)12-14-21(19)24-22/h9-15H,2-8,16H2,1H3. The Morgan fingerprint density at radius 1 is 0.800 bits per heavy atom. The molecule has 25 heavy (non-hydrogen) atoms. The van der Waals surface area contributed by atoms with Crippen LogP contribution in [-0.4, -0.2) is 11.6 Å². The molecule has 0 N–H and O–H groups in total. The van der Waals surface area contributed by atoms with E-state index >= 15 is 0 Å². The van der Waals surface area contributed by atoms with E-state index in [1.165, 1.54) is 44.6 Å². The van der Waals surface area contributed by atoms with Gasteiger partial charge in [0.1, 0.15) is 5.82 Å². The number of rotatable bonds is 9. The number of aromatic nitrogens is 1. The molecule has 0 aliphatic rings. The van der Waals surface area contributed by atoms with E-state index in [0.717, 1.165) is 22.7 Å². The number of fused-ring (bicyclic) bond motifs is 3. The van der Waals surface area contributed by atoms with E-state index in [1.807, 2.05) is 24.3 Å². The summed E-state index contributed by atoms with van der Waals surface area (Å²) >= 11 is 0. The summed E-state index contributed by atoms with van der Waals surface area (Å²) in [6.45, 7) is 2.94. The molecule has 0 saturated carbocycles. The Balaban J connectivity index is 1.58. The maximum atomic E-state index is 13.9. The van der Waals surface area contributed by atoms with Gasteiger partial charge in [0.25, 0.3) is 0 Å². The highest BCUT2D eigenvalue weighted by molar-refractivity contribution is 6.06. The number of pyridine rings is 1. The number of hydrogen-bond acceptors (Lipinski definition) is 2. The predicted molar refractivity (Wildman–Crippen MR) is 103 cm³/mol. The molecule has 0 spiro atoms. The molecule has 0 radical (unpaired) electrons. The lowest BCUT2D eigenvalue weighted by Gasteiger charge is -2.08. The van der Waals surface area contributed by atoms with Crippen LogP contribution in [0.2, 0.25) is 0 Å². The summed E-state index contributed by atoms with van der Waals surface area (Å²) in [5.41, 5.74) is 0.843. The molecule has 0 aliphatic carbocycles. The fourth-order valence-corrected chi connectivity index (χ4v) is 3.23. The van der Waals surface area contributed by atoms with Crippen molar-refractivity contribution in [2.24, 2.45) is 0 Å². The number of halogens is 1. The molecular formula is C22H26FNO. The van der Waals surface area contributed by atoms with Crippen LogP contribution in [0.25, 0.3) is 21.7 Å².